The van der Waals surface area contributed by atoms with Crippen molar-refractivity contribution in [2.45, 2.75) is 70.8 Å². The highest BCUT2D eigenvalue weighted by atomic mass is 79.9. The first-order valence-electron chi connectivity index (χ1n) is 7.93. The lowest BCUT2D eigenvalue weighted by atomic mass is 10.1. The van der Waals surface area contributed by atoms with Crippen LogP contribution < -0.4 is 10.7 Å². The average Bonchev–Trinajstić information content (AvgIpc) is 2.46. The maximum Gasteiger partial charge on any atom is 0.168 e. The summed E-state index contributed by atoms with van der Waals surface area (Å²) in [6.45, 7) is 1.17. The van der Waals surface area contributed by atoms with Crippen LogP contribution in [0.1, 0.15) is 64.2 Å². The molecular weight excluding hydrogens is 312 g/mol. The van der Waals surface area contributed by atoms with Crippen LogP contribution in [0.3, 0.4) is 0 Å². The third kappa shape index (κ3) is 11.4. The van der Waals surface area contributed by atoms with E-state index >= 15 is 0 Å². The normalized spacial score (nSPS) is 10.2. The zero-order chi connectivity index (χ0) is 13.6. The number of nitrogens with zero attached hydrogens (tertiary/aromatic N) is 1. The molecule has 0 aromatic carbocycles. The molecule has 0 radical (unpaired) electrons. The maximum atomic E-state index is 3.48. The van der Waals surface area contributed by atoms with Crippen molar-refractivity contribution in [2.24, 2.45) is 0 Å². The Balaban J connectivity index is 0.00000361. The van der Waals surface area contributed by atoms with Crippen molar-refractivity contribution in [3.8, 4) is 0 Å². The summed E-state index contributed by atoms with van der Waals surface area (Å²) in [7, 11) is 0. The minimum Gasteiger partial charge on any atom is -0.344 e. The summed E-state index contributed by atoms with van der Waals surface area (Å²) in [6.07, 6.45) is 18.3. The molecule has 0 amide bonds. The number of halogens is 1. The van der Waals surface area contributed by atoms with E-state index in [4.69, 9.17) is 0 Å². The molecule has 0 bridgehead atoms. The van der Waals surface area contributed by atoms with Gasteiger partial charge in [0.15, 0.2) is 12.4 Å². The third-order valence-electron chi connectivity index (χ3n) is 3.58. The van der Waals surface area contributed by atoms with E-state index in [2.05, 4.69) is 51.1 Å². The molecule has 0 aliphatic heterocycles. The largest absolute Gasteiger partial charge is 0.344 e. The maximum absolute atomic E-state index is 3.48. The first-order chi connectivity index (χ1) is 9.43. The molecule has 3 heteroatoms. The molecule has 0 unspecified atom stereocenters. The van der Waals surface area contributed by atoms with Crippen molar-refractivity contribution in [3.05, 3.63) is 30.6 Å². The monoisotopic (exact) mass is 343 g/mol. The second-order valence-corrected chi connectivity index (χ2v) is 6.13. The fourth-order valence-corrected chi connectivity index (χ4v) is 2.78. The Labute approximate surface area is 133 Å². The van der Waals surface area contributed by atoms with E-state index in [0.717, 1.165) is 0 Å². The zero-order valence-corrected chi connectivity index (χ0v) is 14.5. The first-order valence-corrected chi connectivity index (χ1v) is 9.05. The number of alkyl halides is 1. The third-order valence-corrected chi connectivity index (χ3v) is 4.14. The molecule has 0 aliphatic carbocycles. The molecule has 3 N–H and O–H groups in total. The second kappa shape index (κ2) is 15.0. The topological polar surface area (TPSA) is 38.9 Å². The molecular formula is C17H32BrN2+. The Hall–Kier alpha value is -0.410. The van der Waals surface area contributed by atoms with Gasteiger partial charge >= 0.3 is 0 Å². The van der Waals surface area contributed by atoms with Crippen LogP contribution in [0.5, 0.6) is 0 Å². The summed E-state index contributed by atoms with van der Waals surface area (Å²) in [5.74, 6) is 0. The quantitative estimate of drug-likeness (QED) is 0.306. The van der Waals surface area contributed by atoms with Crippen LogP contribution >= 0.6 is 15.9 Å². The summed E-state index contributed by atoms with van der Waals surface area (Å²) in [6, 6.07) is 6.29. The predicted molar refractivity (Wildman–Crippen MR) is 91.6 cm³/mol. The fraction of sp³-hybridized carbons (Fsp3) is 0.706. The standard InChI is InChI=1S/C17H29BrN.H3N/c18-14-10-7-5-3-1-2-4-6-8-11-15-19-16-12-9-13-17-19;/h9,12-13,16-17H,1-8,10-11,14-15H2;1H3/q+1;. The highest BCUT2D eigenvalue weighted by Gasteiger charge is 1.97. The van der Waals surface area contributed by atoms with E-state index in [1.165, 1.54) is 76.1 Å². The van der Waals surface area contributed by atoms with Crippen LogP contribution in [0.15, 0.2) is 30.6 Å². The molecule has 20 heavy (non-hydrogen) atoms. The minimum absolute atomic E-state index is 0. The lowest BCUT2D eigenvalue weighted by Crippen LogP contribution is -2.32. The summed E-state index contributed by atoms with van der Waals surface area (Å²) < 4.78 is 2.28. The van der Waals surface area contributed by atoms with Gasteiger partial charge in [-0.15, -0.1) is 0 Å². The highest BCUT2D eigenvalue weighted by Crippen LogP contribution is 2.10. The Morgan fingerprint density at radius 3 is 1.55 bits per heavy atom. The van der Waals surface area contributed by atoms with Crippen molar-refractivity contribution >= 4 is 15.9 Å². The SMILES string of the molecule is BrCCCCCCCCCCCC[n+]1ccccc1.N. The van der Waals surface area contributed by atoms with E-state index in [1.807, 2.05) is 0 Å². The number of hydrogen-bond acceptors (Lipinski definition) is 1. The van der Waals surface area contributed by atoms with Crippen LogP contribution in [0.4, 0.5) is 0 Å². The number of aromatic nitrogens is 1. The number of unbranched alkanes of at least 4 members (excludes halogenated alkanes) is 9. The Morgan fingerprint density at radius 1 is 0.600 bits per heavy atom. The van der Waals surface area contributed by atoms with Gasteiger partial charge in [0, 0.05) is 23.9 Å². The van der Waals surface area contributed by atoms with Gasteiger partial charge in [-0.3, -0.25) is 0 Å². The lowest BCUT2D eigenvalue weighted by molar-refractivity contribution is -0.697. The predicted octanol–water partition coefficient (Wildman–Crippen LogP) is 5.43. The molecule has 0 atom stereocenters. The van der Waals surface area contributed by atoms with Gasteiger partial charge in [0.2, 0.25) is 0 Å². The van der Waals surface area contributed by atoms with E-state index in [0.29, 0.717) is 0 Å². The van der Waals surface area contributed by atoms with Gasteiger partial charge in [-0.1, -0.05) is 66.9 Å². The number of pyridine rings is 1. The van der Waals surface area contributed by atoms with Gasteiger partial charge in [0.25, 0.3) is 0 Å². The Bertz CT molecular complexity index is 290. The molecule has 1 aromatic rings. The van der Waals surface area contributed by atoms with E-state index in [1.54, 1.807) is 0 Å². The Kier molecular flexibility index (Phi) is 14.7. The molecule has 2 nitrogen and oxygen atoms in total. The van der Waals surface area contributed by atoms with Crippen LogP contribution in [0, 0.1) is 0 Å². The van der Waals surface area contributed by atoms with Crippen LogP contribution in [-0.2, 0) is 6.54 Å². The molecule has 0 saturated carbocycles. The lowest BCUT2D eigenvalue weighted by Gasteiger charge is -2.01. The van der Waals surface area contributed by atoms with Crippen molar-refractivity contribution in [1.29, 1.82) is 0 Å². The minimum atomic E-state index is 0. The van der Waals surface area contributed by atoms with Crippen molar-refractivity contribution in [1.82, 2.24) is 6.15 Å². The van der Waals surface area contributed by atoms with Gasteiger partial charge in [-0.2, -0.15) is 0 Å². The van der Waals surface area contributed by atoms with Crippen molar-refractivity contribution in [3.63, 3.8) is 0 Å². The summed E-state index contributed by atoms with van der Waals surface area (Å²) in [5.41, 5.74) is 0. The molecule has 0 saturated heterocycles. The first kappa shape index (κ1) is 19.6. The zero-order valence-electron chi connectivity index (χ0n) is 12.9. The number of aryl methyl sites for hydroxylation is 1. The molecule has 0 aliphatic rings. The highest BCUT2D eigenvalue weighted by molar-refractivity contribution is 9.09. The number of rotatable bonds is 12. The summed E-state index contributed by atoms with van der Waals surface area (Å²) >= 11 is 3.48. The smallest absolute Gasteiger partial charge is 0.168 e. The summed E-state index contributed by atoms with van der Waals surface area (Å²) in [5, 5.41) is 1.17. The fourth-order valence-electron chi connectivity index (χ4n) is 2.39. The van der Waals surface area contributed by atoms with Gasteiger partial charge in [-0.25, -0.2) is 4.57 Å². The molecule has 116 valence electrons. The summed E-state index contributed by atoms with van der Waals surface area (Å²) in [4.78, 5) is 0. The van der Waals surface area contributed by atoms with Gasteiger partial charge in [-0.05, 0) is 12.8 Å². The van der Waals surface area contributed by atoms with Gasteiger partial charge < -0.3 is 6.15 Å². The van der Waals surface area contributed by atoms with Crippen LogP contribution in [0.2, 0.25) is 0 Å². The van der Waals surface area contributed by atoms with E-state index < -0.39 is 0 Å². The van der Waals surface area contributed by atoms with E-state index in [9.17, 15) is 0 Å². The Morgan fingerprint density at radius 2 is 1.05 bits per heavy atom. The molecule has 1 rings (SSSR count). The number of hydrogen-bond donors (Lipinski definition) is 1. The van der Waals surface area contributed by atoms with Gasteiger partial charge in [0.1, 0.15) is 6.54 Å². The molecule has 1 aromatic heterocycles. The average molecular weight is 344 g/mol. The van der Waals surface area contributed by atoms with Crippen molar-refractivity contribution < 1.29 is 4.57 Å². The van der Waals surface area contributed by atoms with E-state index in [-0.39, 0.29) is 6.15 Å². The molecule has 0 spiro atoms. The van der Waals surface area contributed by atoms with Gasteiger partial charge in [0.05, 0.1) is 0 Å². The molecule has 0 fully saturated rings. The van der Waals surface area contributed by atoms with Crippen LogP contribution in [-0.4, -0.2) is 5.33 Å². The molecule has 1 heterocycles. The second-order valence-electron chi connectivity index (χ2n) is 5.34. The van der Waals surface area contributed by atoms with Crippen LogP contribution in [0.25, 0.3) is 0 Å². The van der Waals surface area contributed by atoms with Crippen molar-refractivity contribution in [2.75, 3.05) is 5.33 Å².